The van der Waals surface area contributed by atoms with Crippen LogP contribution in [-0.2, 0) is 27.1 Å². The Morgan fingerprint density at radius 2 is 0.727 bits per heavy atom. The van der Waals surface area contributed by atoms with Crippen LogP contribution < -0.4 is 26.2 Å². The summed E-state index contributed by atoms with van der Waals surface area (Å²) < 4.78 is 2.65. The first-order chi connectivity index (χ1) is 42.2. The number of hydrogen-bond donors (Lipinski definition) is 0. The summed E-state index contributed by atoms with van der Waals surface area (Å²) in [7, 11) is 0. The highest BCUT2D eigenvalue weighted by atomic mass is 15.2. The predicted molar refractivity (Wildman–Crippen MR) is 374 cm³/mol. The third kappa shape index (κ3) is 7.82. The van der Waals surface area contributed by atoms with Gasteiger partial charge < -0.3 is 14.4 Å². The van der Waals surface area contributed by atoms with Crippen LogP contribution in [0.5, 0.6) is 0 Å². The minimum absolute atomic E-state index is 0.0120. The van der Waals surface area contributed by atoms with Crippen molar-refractivity contribution in [3.63, 3.8) is 0 Å². The number of rotatable bonds is 4. The van der Waals surface area contributed by atoms with Gasteiger partial charge in [0.1, 0.15) is 0 Å². The van der Waals surface area contributed by atoms with E-state index >= 15 is 0 Å². The van der Waals surface area contributed by atoms with Crippen molar-refractivity contribution in [3.8, 4) is 16.8 Å². The Bertz CT molecular complexity index is 4610. The van der Waals surface area contributed by atoms with Crippen LogP contribution in [0, 0.1) is 0 Å². The molecule has 0 saturated heterocycles. The summed E-state index contributed by atoms with van der Waals surface area (Å²) in [5.74, 6) is -0.0893. The minimum atomic E-state index is -0.494. The second-order valence-electron chi connectivity index (χ2n) is 29.7. The van der Waals surface area contributed by atoms with Gasteiger partial charge in [0, 0.05) is 50.8 Å². The number of fused-ring (bicyclic) bond motifs is 16. The summed E-state index contributed by atoms with van der Waals surface area (Å²) in [6.07, 6.45) is 0. The second-order valence-corrected chi connectivity index (χ2v) is 29.7. The molecule has 2 aliphatic heterocycles. The summed E-state index contributed by atoms with van der Waals surface area (Å²) in [6.45, 7) is 28.0. The molecular formula is C84H76BN3. The van der Waals surface area contributed by atoms with Gasteiger partial charge in [-0.25, -0.2) is 0 Å². The fourth-order valence-corrected chi connectivity index (χ4v) is 16.0. The van der Waals surface area contributed by atoms with Gasteiger partial charge >= 0.3 is 0 Å². The summed E-state index contributed by atoms with van der Waals surface area (Å²) in [6, 6.07) is 92.4. The molecular weight excluding hydrogens is 1060 g/mol. The summed E-state index contributed by atoms with van der Waals surface area (Å²) in [5.41, 5.74) is 31.3. The lowest BCUT2D eigenvalue weighted by Gasteiger charge is -2.45. The largest absolute Gasteiger partial charge is 0.311 e. The maximum absolute atomic E-state index is 2.65. The average Bonchev–Trinajstić information content (AvgIpc) is 1.29. The molecule has 16 rings (SSSR count). The fraction of sp³-hybridized carbons (Fsp3) is 0.214. The van der Waals surface area contributed by atoms with Crippen LogP contribution in [-0.4, -0.2) is 11.3 Å². The molecule has 0 radical (unpaired) electrons. The van der Waals surface area contributed by atoms with Gasteiger partial charge in [-0.15, -0.1) is 0 Å². The quantitative estimate of drug-likeness (QED) is 0.163. The van der Waals surface area contributed by atoms with Gasteiger partial charge in [0.15, 0.2) is 0 Å². The van der Waals surface area contributed by atoms with Crippen LogP contribution in [0.3, 0.4) is 0 Å². The third-order valence-corrected chi connectivity index (χ3v) is 20.4. The van der Waals surface area contributed by atoms with Gasteiger partial charge in [0.25, 0.3) is 6.71 Å². The Labute approximate surface area is 521 Å². The molecule has 0 bridgehead atoms. The third-order valence-electron chi connectivity index (χ3n) is 20.4. The molecule has 0 atom stereocenters. The Morgan fingerprint density at radius 1 is 0.330 bits per heavy atom. The van der Waals surface area contributed by atoms with Crippen molar-refractivity contribution in [2.45, 2.75) is 116 Å². The number of aromatic nitrogens is 1. The van der Waals surface area contributed by atoms with Crippen LogP contribution in [0.1, 0.15) is 150 Å². The second kappa shape index (κ2) is 18.9. The van der Waals surface area contributed by atoms with Gasteiger partial charge in [-0.05, 0) is 165 Å². The highest BCUT2D eigenvalue weighted by Gasteiger charge is 2.52. The first-order valence-corrected chi connectivity index (χ1v) is 31.9. The van der Waals surface area contributed by atoms with Crippen LogP contribution in [0.2, 0.25) is 0 Å². The van der Waals surface area contributed by atoms with Gasteiger partial charge in [-0.3, -0.25) is 0 Å². The van der Waals surface area contributed by atoms with Crippen LogP contribution in [0.15, 0.2) is 237 Å². The molecule has 12 aromatic rings. The summed E-state index contributed by atoms with van der Waals surface area (Å²) in [4.78, 5) is 5.23. The first-order valence-electron chi connectivity index (χ1n) is 31.9. The molecule has 3 heterocycles. The molecule has 4 aliphatic rings. The van der Waals surface area contributed by atoms with Crippen LogP contribution in [0.4, 0.5) is 34.1 Å². The van der Waals surface area contributed by atoms with E-state index in [1.807, 2.05) is 0 Å². The normalized spacial score (nSPS) is 14.8. The number of nitrogens with zero attached hydrogens (tertiary/aromatic N) is 3. The molecule has 4 heteroatoms. The van der Waals surface area contributed by atoms with Crippen molar-refractivity contribution in [1.29, 1.82) is 0 Å². The van der Waals surface area contributed by atoms with Crippen molar-refractivity contribution in [1.82, 2.24) is 4.57 Å². The predicted octanol–water partition coefficient (Wildman–Crippen LogP) is 19.9. The molecule has 0 amide bonds. The van der Waals surface area contributed by atoms with Gasteiger partial charge in [-0.1, -0.05) is 265 Å². The van der Waals surface area contributed by atoms with Gasteiger partial charge in [0.05, 0.1) is 22.1 Å². The zero-order chi connectivity index (χ0) is 60.6. The maximum Gasteiger partial charge on any atom is 0.252 e. The van der Waals surface area contributed by atoms with E-state index in [-0.39, 0.29) is 34.3 Å². The zero-order valence-electron chi connectivity index (χ0n) is 53.0. The number of para-hydroxylation sites is 2. The minimum Gasteiger partial charge on any atom is -0.311 e. The van der Waals surface area contributed by atoms with E-state index in [0.717, 1.165) is 17.1 Å². The van der Waals surface area contributed by atoms with E-state index in [2.05, 4.69) is 334 Å². The maximum atomic E-state index is 2.65. The summed E-state index contributed by atoms with van der Waals surface area (Å²) >= 11 is 0. The molecule has 1 aromatic heterocycles. The van der Waals surface area contributed by atoms with E-state index in [1.165, 1.54) is 133 Å². The van der Waals surface area contributed by atoms with Crippen molar-refractivity contribution < 1.29 is 0 Å². The topological polar surface area (TPSA) is 11.4 Å². The Balaban J connectivity index is 1.02. The molecule has 0 N–H and O–H groups in total. The standard InChI is InChI=1S/C84H76BN3/c1-80(2,3)52-36-42-56(43-37-52)86-73-46-40-54(82(7,8)9)48-70(73)85-71-49-55(83(10,11)12)41-47-74(71)87(57-44-38-53(39-45-57)81(4,5)6)76-51-58(50-75(86)78(76)85)88-72-35-22-17-26-61(72)62-29-23-30-65(79(62)88)77-63-27-15-20-33-68(63)84(69-34-21-16-28-64(69)77)66-31-18-13-24-59(66)60-25-14-19-32-67(60)84/h13-51,77H,1-12H3. The fourth-order valence-electron chi connectivity index (χ4n) is 16.0. The molecule has 0 fully saturated rings. The number of benzene rings is 11. The van der Waals surface area contributed by atoms with E-state index < -0.39 is 5.41 Å². The van der Waals surface area contributed by atoms with E-state index in [1.54, 1.807) is 0 Å². The highest BCUT2D eigenvalue weighted by molar-refractivity contribution is 7.00. The van der Waals surface area contributed by atoms with Crippen molar-refractivity contribution in [3.05, 3.63) is 298 Å². The van der Waals surface area contributed by atoms with E-state index in [9.17, 15) is 0 Å². The van der Waals surface area contributed by atoms with Crippen LogP contribution >= 0.6 is 0 Å². The lowest BCUT2D eigenvalue weighted by Crippen LogP contribution is -2.61. The van der Waals surface area contributed by atoms with Crippen molar-refractivity contribution in [2.75, 3.05) is 9.80 Å². The highest BCUT2D eigenvalue weighted by Crippen LogP contribution is 2.62. The van der Waals surface area contributed by atoms with E-state index in [0.29, 0.717) is 0 Å². The molecule has 88 heavy (non-hydrogen) atoms. The van der Waals surface area contributed by atoms with E-state index in [4.69, 9.17) is 0 Å². The van der Waals surface area contributed by atoms with Gasteiger partial charge in [0.2, 0.25) is 0 Å². The summed E-state index contributed by atoms with van der Waals surface area (Å²) in [5, 5.41) is 2.48. The smallest absolute Gasteiger partial charge is 0.252 e. The molecule has 11 aromatic carbocycles. The zero-order valence-corrected chi connectivity index (χ0v) is 53.0. The molecule has 1 spiro atoms. The monoisotopic (exact) mass is 1140 g/mol. The first kappa shape index (κ1) is 54.3. The lowest BCUT2D eigenvalue weighted by atomic mass is 9.33. The van der Waals surface area contributed by atoms with Gasteiger partial charge in [-0.2, -0.15) is 0 Å². The number of anilines is 6. The van der Waals surface area contributed by atoms with Crippen LogP contribution in [0.25, 0.3) is 38.6 Å². The lowest BCUT2D eigenvalue weighted by molar-refractivity contribution is 0.590. The Hall–Kier alpha value is -9.12. The molecule has 0 unspecified atom stereocenters. The number of hydrogen-bond acceptors (Lipinski definition) is 2. The molecule has 430 valence electrons. The molecule has 3 nitrogen and oxygen atoms in total. The van der Waals surface area contributed by atoms with Crippen molar-refractivity contribution >= 4 is 79.0 Å². The average molecular weight is 1140 g/mol. The Kier molecular flexibility index (Phi) is 11.7. The molecule has 0 saturated carbocycles. The molecule has 2 aliphatic carbocycles. The Morgan fingerprint density at radius 3 is 1.20 bits per heavy atom. The SMILES string of the molecule is CC(C)(C)c1ccc(N2c3ccc(C(C)(C)C)cc3B3c4cc(C(C)(C)C)ccc4N(c4ccc(C(C)(C)C)cc4)c4cc(-n5c6ccccc6c6cccc(C7c8ccccc8C8(c9ccccc9-c9ccccc98)c8ccccc87)c65)cc2c43)cc1. The van der Waals surface area contributed by atoms with Crippen molar-refractivity contribution in [2.24, 2.45) is 0 Å².